The van der Waals surface area contributed by atoms with Gasteiger partial charge in [-0.2, -0.15) is 0 Å². The molecule has 0 unspecified atom stereocenters. The van der Waals surface area contributed by atoms with Gasteiger partial charge in [0.2, 0.25) is 0 Å². The van der Waals surface area contributed by atoms with Gasteiger partial charge in [-0.25, -0.2) is 0 Å². The summed E-state index contributed by atoms with van der Waals surface area (Å²) in [4.78, 5) is 17.4. The molecule has 6 heteroatoms. The third kappa shape index (κ3) is 27.0. The molecule has 0 aromatic carbocycles. The first-order valence-corrected chi connectivity index (χ1v) is 10.4. The van der Waals surface area contributed by atoms with Crippen molar-refractivity contribution in [1.29, 1.82) is 0 Å². The van der Waals surface area contributed by atoms with Crippen molar-refractivity contribution < 1.29 is 76.3 Å². The van der Waals surface area contributed by atoms with Crippen molar-refractivity contribution in [3.05, 3.63) is 0 Å². The summed E-state index contributed by atoms with van der Waals surface area (Å²) < 4.78 is 10.6. The molecule has 2 N–H and O–H groups in total. The Kier molecular flexibility index (Phi) is 27.9. The maximum atomic E-state index is 10.6. The van der Waals surface area contributed by atoms with Crippen LogP contribution in [0.15, 0.2) is 0 Å². The molecular formula is C16H37Na2O3P. The molecule has 0 aliphatic carbocycles. The molecule has 22 heavy (non-hydrogen) atoms. The van der Waals surface area contributed by atoms with E-state index in [4.69, 9.17) is 9.79 Å². The maximum absolute atomic E-state index is 10.6. The van der Waals surface area contributed by atoms with Crippen molar-refractivity contribution in [3.8, 4) is 0 Å². The zero-order chi connectivity index (χ0) is 15.1. The number of hydrogen-bond acceptors (Lipinski definition) is 1. The fourth-order valence-electron chi connectivity index (χ4n) is 2.51. The van der Waals surface area contributed by atoms with E-state index >= 15 is 0 Å². The van der Waals surface area contributed by atoms with Crippen molar-refractivity contribution >= 4 is 7.60 Å². The predicted octanol–water partition coefficient (Wildman–Crippen LogP) is -0.122. The first-order chi connectivity index (χ1) is 9.56. The Morgan fingerprint density at radius 3 is 1.18 bits per heavy atom. The fraction of sp³-hybridized carbons (Fsp3) is 1.00. The van der Waals surface area contributed by atoms with E-state index in [1.54, 1.807) is 0 Å². The summed E-state index contributed by atoms with van der Waals surface area (Å²) in [5.41, 5.74) is 0. The van der Waals surface area contributed by atoms with Gasteiger partial charge in [0.1, 0.15) is 0 Å². The Hall–Kier alpha value is 2.15. The zero-order valence-electron chi connectivity index (χ0n) is 17.4. The Bertz CT molecular complexity index is 257. The Morgan fingerprint density at radius 2 is 0.909 bits per heavy atom. The molecule has 0 atom stereocenters. The Morgan fingerprint density at radius 1 is 0.636 bits per heavy atom. The molecule has 0 saturated heterocycles. The molecule has 0 aliphatic rings. The molecule has 3 nitrogen and oxygen atoms in total. The zero-order valence-corrected chi connectivity index (χ0v) is 20.3. The van der Waals surface area contributed by atoms with E-state index in [2.05, 4.69) is 6.92 Å². The van der Waals surface area contributed by atoms with Crippen LogP contribution in [0, 0.1) is 0 Å². The monoisotopic (exact) mass is 354 g/mol. The van der Waals surface area contributed by atoms with Crippen LogP contribution in [0.1, 0.15) is 99.7 Å². The van der Waals surface area contributed by atoms with Crippen LogP contribution in [-0.2, 0) is 4.57 Å². The average Bonchev–Trinajstić information content (AvgIpc) is 2.38. The largest absolute Gasteiger partial charge is 1.00 e. The molecule has 0 aliphatic heterocycles. The molecule has 0 spiro atoms. The SMILES string of the molecule is CCCCCCCCCCCCCCCCP(=O)(O)O.[H-].[H-].[Na+].[Na+]. The molecule has 0 saturated carbocycles. The summed E-state index contributed by atoms with van der Waals surface area (Å²) >= 11 is 0. The molecule has 0 aromatic heterocycles. The minimum Gasteiger partial charge on any atom is -1.00 e. The standard InChI is InChI=1S/C16H35O3P.2Na.2H/c1-2-3-4-5-6-7-8-9-10-11-12-13-14-15-16-20(17,18)19;;;;/h2-16H2,1H3,(H2,17,18,19);;;;/q;2*+1;2*-1. The Labute approximate surface area is 185 Å². The predicted molar refractivity (Wildman–Crippen MR) is 89.4 cm³/mol. The normalized spacial score (nSPS) is 10.9. The average molecular weight is 354 g/mol. The van der Waals surface area contributed by atoms with Crippen molar-refractivity contribution in [2.45, 2.75) is 96.8 Å². The number of unbranched alkanes of at least 4 members (excludes halogenated alkanes) is 13. The van der Waals surface area contributed by atoms with E-state index < -0.39 is 7.60 Å². The van der Waals surface area contributed by atoms with Crippen molar-refractivity contribution in [2.24, 2.45) is 0 Å². The summed E-state index contributed by atoms with van der Waals surface area (Å²) in [6.07, 6.45) is 17.7. The second-order valence-electron chi connectivity index (χ2n) is 5.98. The minimum absolute atomic E-state index is 0. The Balaban J connectivity index is -0.000000301. The van der Waals surface area contributed by atoms with E-state index in [1.807, 2.05) is 0 Å². The van der Waals surface area contributed by atoms with E-state index in [9.17, 15) is 4.57 Å². The van der Waals surface area contributed by atoms with Crippen LogP contribution >= 0.6 is 7.60 Å². The number of rotatable bonds is 15. The van der Waals surface area contributed by atoms with Gasteiger partial charge in [-0.3, -0.25) is 4.57 Å². The molecule has 0 bridgehead atoms. The second-order valence-corrected chi connectivity index (χ2v) is 7.76. The van der Waals surface area contributed by atoms with Crippen molar-refractivity contribution in [3.63, 3.8) is 0 Å². The first-order valence-electron chi connectivity index (χ1n) is 8.61. The third-order valence-electron chi connectivity index (χ3n) is 3.80. The van der Waals surface area contributed by atoms with Gasteiger partial charge in [0.25, 0.3) is 0 Å². The van der Waals surface area contributed by atoms with Crippen molar-refractivity contribution in [1.82, 2.24) is 0 Å². The van der Waals surface area contributed by atoms with Crippen LogP contribution in [0.2, 0.25) is 0 Å². The summed E-state index contributed by atoms with van der Waals surface area (Å²) in [6.45, 7) is 2.26. The second kappa shape index (κ2) is 21.2. The van der Waals surface area contributed by atoms with Crippen LogP contribution in [0.25, 0.3) is 0 Å². The first kappa shape index (κ1) is 28.9. The smallest absolute Gasteiger partial charge is 1.00 e. The van der Waals surface area contributed by atoms with Gasteiger partial charge in [0, 0.05) is 6.16 Å². The van der Waals surface area contributed by atoms with Gasteiger partial charge in [-0.15, -0.1) is 0 Å². The summed E-state index contributed by atoms with van der Waals surface area (Å²) in [7, 11) is -3.75. The van der Waals surface area contributed by atoms with Gasteiger partial charge < -0.3 is 12.6 Å². The van der Waals surface area contributed by atoms with E-state index in [0.29, 0.717) is 6.42 Å². The van der Waals surface area contributed by atoms with Crippen LogP contribution in [0.3, 0.4) is 0 Å². The molecule has 0 radical (unpaired) electrons. The quantitative estimate of drug-likeness (QED) is 0.245. The molecular weight excluding hydrogens is 317 g/mol. The van der Waals surface area contributed by atoms with Gasteiger partial charge in [0.15, 0.2) is 0 Å². The van der Waals surface area contributed by atoms with E-state index in [-0.39, 0.29) is 68.1 Å². The van der Waals surface area contributed by atoms with Gasteiger partial charge in [-0.05, 0) is 6.42 Å². The minimum atomic E-state index is -3.75. The van der Waals surface area contributed by atoms with Crippen LogP contribution < -0.4 is 59.1 Å². The molecule has 0 amide bonds. The topological polar surface area (TPSA) is 57.5 Å². The summed E-state index contributed by atoms with van der Waals surface area (Å²) in [6, 6.07) is 0. The summed E-state index contributed by atoms with van der Waals surface area (Å²) in [5.74, 6) is 0. The van der Waals surface area contributed by atoms with Gasteiger partial charge in [0.05, 0.1) is 0 Å². The number of hydrogen-bond donors (Lipinski definition) is 2. The van der Waals surface area contributed by atoms with Gasteiger partial charge in [-0.1, -0.05) is 90.4 Å². The fourth-order valence-corrected chi connectivity index (χ4v) is 3.15. The summed E-state index contributed by atoms with van der Waals surface area (Å²) in [5, 5.41) is 0. The van der Waals surface area contributed by atoms with E-state index in [0.717, 1.165) is 12.8 Å². The molecule has 0 rings (SSSR count). The van der Waals surface area contributed by atoms with Crippen LogP contribution in [0.4, 0.5) is 0 Å². The van der Waals surface area contributed by atoms with Crippen LogP contribution in [0.5, 0.6) is 0 Å². The maximum Gasteiger partial charge on any atom is 1.00 e. The van der Waals surface area contributed by atoms with Crippen molar-refractivity contribution in [2.75, 3.05) is 6.16 Å². The van der Waals surface area contributed by atoms with Gasteiger partial charge >= 0.3 is 66.7 Å². The van der Waals surface area contributed by atoms with E-state index in [1.165, 1.54) is 70.6 Å². The van der Waals surface area contributed by atoms with Crippen LogP contribution in [-0.4, -0.2) is 15.9 Å². The molecule has 126 valence electrons. The molecule has 0 aromatic rings. The third-order valence-corrected chi connectivity index (χ3v) is 4.70. The molecule has 0 fully saturated rings. The molecule has 0 heterocycles.